The minimum absolute atomic E-state index is 0.135. The summed E-state index contributed by atoms with van der Waals surface area (Å²) in [6.07, 6.45) is 0.399. The van der Waals surface area contributed by atoms with Gasteiger partial charge in [-0.15, -0.1) is 0 Å². The molecule has 1 amide bonds. The van der Waals surface area contributed by atoms with Gasteiger partial charge in [0, 0.05) is 50.1 Å². The zero-order chi connectivity index (χ0) is 14.2. The molecule has 1 fully saturated rings. The minimum atomic E-state index is -0.234. The Kier molecular flexibility index (Phi) is 6.36. The highest BCUT2D eigenvalue weighted by Crippen LogP contribution is 2.10. The lowest BCUT2D eigenvalue weighted by atomic mass is 10.1. The number of amides is 1. The van der Waals surface area contributed by atoms with Crippen molar-refractivity contribution in [2.24, 2.45) is 5.73 Å². The Morgan fingerprint density at radius 3 is 2.65 bits per heavy atom. The van der Waals surface area contributed by atoms with Crippen LogP contribution in [0.5, 0.6) is 0 Å². The minimum Gasteiger partial charge on any atom is -0.370 e. The van der Waals surface area contributed by atoms with Crippen LogP contribution in [0.1, 0.15) is 12.0 Å². The van der Waals surface area contributed by atoms with Gasteiger partial charge in [-0.1, -0.05) is 30.3 Å². The predicted octanol–water partition coefficient (Wildman–Crippen LogP) is 1.07. The lowest BCUT2D eigenvalue weighted by Crippen LogP contribution is -2.45. The molecular weight excluding hydrogens is 270 g/mol. The number of benzene rings is 1. The lowest BCUT2D eigenvalue weighted by molar-refractivity contribution is -0.118. The van der Waals surface area contributed by atoms with E-state index in [1.165, 1.54) is 17.1 Å². The van der Waals surface area contributed by atoms with Crippen LogP contribution in [0.3, 0.4) is 0 Å². The van der Waals surface area contributed by atoms with Crippen molar-refractivity contribution >= 4 is 17.7 Å². The van der Waals surface area contributed by atoms with Crippen molar-refractivity contribution in [3.63, 3.8) is 0 Å². The third-order valence-electron chi connectivity index (χ3n) is 3.47. The second-order valence-electron chi connectivity index (χ2n) is 5.15. The number of hydrogen-bond acceptors (Lipinski definition) is 4. The number of nitrogens with one attached hydrogen (secondary N) is 1. The average molecular weight is 293 g/mol. The Labute approximate surface area is 125 Å². The van der Waals surface area contributed by atoms with Crippen molar-refractivity contribution in [1.82, 2.24) is 10.2 Å². The predicted molar refractivity (Wildman–Crippen MR) is 84.6 cm³/mol. The molecule has 4 nitrogen and oxygen atoms in total. The van der Waals surface area contributed by atoms with Gasteiger partial charge in [-0.05, 0) is 5.56 Å². The Hall–Kier alpha value is -1.04. The van der Waals surface area contributed by atoms with E-state index in [1.54, 1.807) is 0 Å². The molecular formula is C15H23N3OS. The summed E-state index contributed by atoms with van der Waals surface area (Å²) in [7, 11) is 0. The van der Waals surface area contributed by atoms with Gasteiger partial charge in [0.2, 0.25) is 5.91 Å². The summed E-state index contributed by atoms with van der Waals surface area (Å²) in [4.78, 5) is 13.6. The third-order valence-corrected chi connectivity index (χ3v) is 4.41. The van der Waals surface area contributed by atoms with Crippen molar-refractivity contribution < 1.29 is 4.79 Å². The number of nitrogens with zero attached hydrogens (tertiary/aromatic N) is 1. The van der Waals surface area contributed by atoms with Gasteiger partial charge in [-0.25, -0.2) is 0 Å². The van der Waals surface area contributed by atoms with Gasteiger partial charge in [-0.2, -0.15) is 11.8 Å². The van der Waals surface area contributed by atoms with E-state index in [0.29, 0.717) is 6.42 Å². The van der Waals surface area contributed by atoms with Crippen molar-refractivity contribution in [3.8, 4) is 0 Å². The van der Waals surface area contributed by atoms with Gasteiger partial charge >= 0.3 is 0 Å². The normalized spacial score (nSPS) is 17.8. The summed E-state index contributed by atoms with van der Waals surface area (Å²) in [6.45, 7) is 3.89. The molecule has 0 spiro atoms. The van der Waals surface area contributed by atoms with E-state index in [1.807, 2.05) is 30.0 Å². The number of carbonyl (C=O) groups is 1. The van der Waals surface area contributed by atoms with Crippen LogP contribution in [0.25, 0.3) is 0 Å². The van der Waals surface area contributed by atoms with Gasteiger partial charge in [0.15, 0.2) is 0 Å². The summed E-state index contributed by atoms with van der Waals surface area (Å²) < 4.78 is 0. The smallest absolute Gasteiger partial charge is 0.219 e. The van der Waals surface area contributed by atoms with Gasteiger partial charge < -0.3 is 16.0 Å². The molecule has 0 aliphatic carbocycles. The van der Waals surface area contributed by atoms with Crippen LogP contribution in [-0.2, 0) is 11.3 Å². The molecule has 5 heteroatoms. The molecule has 0 radical (unpaired) electrons. The summed E-state index contributed by atoms with van der Waals surface area (Å²) in [5, 5.41) is 3.47. The Bertz CT molecular complexity index is 407. The van der Waals surface area contributed by atoms with Crippen molar-refractivity contribution in [2.75, 3.05) is 31.1 Å². The first-order valence-electron chi connectivity index (χ1n) is 7.10. The van der Waals surface area contributed by atoms with Gasteiger partial charge in [-0.3, -0.25) is 4.79 Å². The molecule has 0 aromatic heterocycles. The second-order valence-corrected chi connectivity index (χ2v) is 6.37. The molecule has 1 aliphatic heterocycles. The Balaban J connectivity index is 1.84. The molecule has 1 atom stereocenters. The van der Waals surface area contributed by atoms with E-state index in [2.05, 4.69) is 22.3 Å². The zero-order valence-corrected chi connectivity index (χ0v) is 12.6. The molecule has 1 heterocycles. The highest BCUT2D eigenvalue weighted by molar-refractivity contribution is 7.99. The number of nitrogens with two attached hydrogens (primary N) is 1. The maximum atomic E-state index is 11.2. The lowest BCUT2D eigenvalue weighted by Gasteiger charge is -2.30. The van der Waals surface area contributed by atoms with Gasteiger partial charge in [0.25, 0.3) is 0 Å². The van der Waals surface area contributed by atoms with Gasteiger partial charge in [0.05, 0.1) is 0 Å². The van der Waals surface area contributed by atoms with Crippen LogP contribution >= 0.6 is 11.8 Å². The maximum Gasteiger partial charge on any atom is 0.219 e. The van der Waals surface area contributed by atoms with Crippen LogP contribution in [0.2, 0.25) is 0 Å². The second kappa shape index (κ2) is 8.29. The fraction of sp³-hybridized carbons (Fsp3) is 0.533. The molecule has 1 saturated heterocycles. The fourth-order valence-corrected chi connectivity index (χ4v) is 3.38. The third kappa shape index (κ3) is 5.53. The van der Waals surface area contributed by atoms with E-state index in [0.717, 1.165) is 26.2 Å². The molecule has 1 unspecified atom stereocenters. The molecule has 0 bridgehead atoms. The number of carbonyl (C=O) groups excluding carboxylic acids is 1. The summed E-state index contributed by atoms with van der Waals surface area (Å²) in [5.74, 6) is 2.13. The van der Waals surface area contributed by atoms with Crippen LogP contribution in [0.15, 0.2) is 30.3 Å². The van der Waals surface area contributed by atoms with Crippen molar-refractivity contribution in [2.45, 2.75) is 19.0 Å². The van der Waals surface area contributed by atoms with Crippen molar-refractivity contribution in [1.29, 1.82) is 0 Å². The Morgan fingerprint density at radius 1 is 1.30 bits per heavy atom. The molecule has 110 valence electrons. The van der Waals surface area contributed by atoms with Crippen LogP contribution < -0.4 is 11.1 Å². The maximum absolute atomic E-state index is 11.2. The van der Waals surface area contributed by atoms with E-state index in [4.69, 9.17) is 5.73 Å². The summed E-state index contributed by atoms with van der Waals surface area (Å²) in [5.41, 5.74) is 6.60. The molecule has 2 rings (SSSR count). The van der Waals surface area contributed by atoms with Crippen LogP contribution in [-0.4, -0.2) is 48.0 Å². The van der Waals surface area contributed by atoms with Gasteiger partial charge in [0.1, 0.15) is 0 Å². The Morgan fingerprint density at radius 2 is 2.00 bits per heavy atom. The van der Waals surface area contributed by atoms with E-state index >= 15 is 0 Å². The monoisotopic (exact) mass is 293 g/mol. The number of primary amides is 1. The fourth-order valence-electron chi connectivity index (χ4n) is 2.40. The van der Waals surface area contributed by atoms with Crippen LogP contribution in [0.4, 0.5) is 0 Å². The number of thioether (sulfide) groups is 1. The SMILES string of the molecule is NC(=O)CC(CN1CCSCC1)NCc1ccccc1. The average Bonchev–Trinajstić information content (AvgIpc) is 2.46. The van der Waals surface area contributed by atoms with E-state index in [-0.39, 0.29) is 11.9 Å². The molecule has 1 aliphatic rings. The molecule has 20 heavy (non-hydrogen) atoms. The quantitative estimate of drug-likeness (QED) is 0.789. The highest BCUT2D eigenvalue weighted by atomic mass is 32.2. The first-order valence-corrected chi connectivity index (χ1v) is 8.25. The number of rotatable bonds is 7. The van der Waals surface area contributed by atoms with E-state index in [9.17, 15) is 4.79 Å². The standard InChI is InChI=1S/C15H23N3OS/c16-15(19)10-14(12-18-6-8-20-9-7-18)17-11-13-4-2-1-3-5-13/h1-5,14,17H,6-12H2,(H2,16,19). The van der Waals surface area contributed by atoms with Crippen LogP contribution in [0, 0.1) is 0 Å². The highest BCUT2D eigenvalue weighted by Gasteiger charge is 2.18. The summed E-state index contributed by atoms with van der Waals surface area (Å²) in [6, 6.07) is 10.4. The first-order chi connectivity index (χ1) is 9.74. The largest absolute Gasteiger partial charge is 0.370 e. The first kappa shape index (κ1) is 15.4. The molecule has 0 saturated carbocycles. The van der Waals surface area contributed by atoms with Crippen molar-refractivity contribution in [3.05, 3.63) is 35.9 Å². The van der Waals surface area contributed by atoms with E-state index < -0.39 is 0 Å². The summed E-state index contributed by atoms with van der Waals surface area (Å²) >= 11 is 2.00. The number of hydrogen-bond donors (Lipinski definition) is 2. The molecule has 3 N–H and O–H groups in total. The molecule has 1 aromatic rings. The topological polar surface area (TPSA) is 58.4 Å². The zero-order valence-electron chi connectivity index (χ0n) is 11.8. The molecule has 1 aromatic carbocycles.